The Morgan fingerprint density at radius 1 is 1.08 bits per heavy atom. The van der Waals surface area contributed by atoms with Gasteiger partial charge in [0.05, 0.1) is 5.71 Å². The van der Waals surface area contributed by atoms with Crippen molar-refractivity contribution in [1.82, 2.24) is 14.1 Å². The molecule has 0 saturated carbocycles. The van der Waals surface area contributed by atoms with Crippen molar-refractivity contribution in [2.24, 2.45) is 4.40 Å². The fourth-order valence-electron chi connectivity index (χ4n) is 2.68. The predicted molar refractivity (Wildman–Crippen MR) is 91.8 cm³/mol. The van der Waals surface area contributed by atoms with Gasteiger partial charge in [0.15, 0.2) is 0 Å². The van der Waals surface area contributed by atoms with E-state index < -0.39 is 16.0 Å². The lowest BCUT2D eigenvalue weighted by Gasteiger charge is -2.34. The van der Waals surface area contributed by atoms with Crippen molar-refractivity contribution in [3.05, 3.63) is 47.4 Å². The van der Waals surface area contributed by atoms with Gasteiger partial charge >= 0.3 is 10.2 Å². The van der Waals surface area contributed by atoms with Crippen LogP contribution in [0.4, 0.5) is 4.39 Å². The van der Waals surface area contributed by atoms with Crippen molar-refractivity contribution in [2.45, 2.75) is 0 Å². The van der Waals surface area contributed by atoms with Crippen molar-refractivity contribution in [3.63, 3.8) is 0 Å². The molecule has 0 atom stereocenters. The van der Waals surface area contributed by atoms with Gasteiger partial charge in [0.2, 0.25) is 0 Å². The van der Waals surface area contributed by atoms with Crippen LogP contribution in [0.2, 0.25) is 0 Å². The number of halogens is 1. The third kappa shape index (κ3) is 3.57. The highest BCUT2D eigenvalue weighted by Crippen LogP contribution is 2.21. The average Bonchev–Trinajstić information content (AvgIpc) is 2.58. The Labute approximate surface area is 146 Å². The zero-order valence-corrected chi connectivity index (χ0v) is 14.8. The van der Waals surface area contributed by atoms with Crippen molar-refractivity contribution < 1.29 is 17.6 Å². The van der Waals surface area contributed by atoms with Crippen LogP contribution in [0.25, 0.3) is 0 Å². The van der Waals surface area contributed by atoms with Crippen LogP contribution < -0.4 is 0 Å². The van der Waals surface area contributed by atoms with Gasteiger partial charge in [0, 0.05) is 38.8 Å². The van der Waals surface area contributed by atoms with Crippen molar-refractivity contribution in [2.75, 3.05) is 40.3 Å². The molecule has 1 amide bonds. The van der Waals surface area contributed by atoms with Gasteiger partial charge < -0.3 is 9.80 Å². The molecule has 1 aromatic rings. The number of allylic oxidation sites excluding steroid dienone is 1. The van der Waals surface area contributed by atoms with Gasteiger partial charge in [-0.1, -0.05) is 0 Å². The summed E-state index contributed by atoms with van der Waals surface area (Å²) in [7, 11) is -0.736. The first-order valence-corrected chi connectivity index (χ1v) is 9.22. The predicted octanol–water partition coefficient (Wildman–Crippen LogP) is 0.463. The molecule has 2 aliphatic rings. The van der Waals surface area contributed by atoms with E-state index in [0.29, 0.717) is 18.7 Å². The number of piperazine rings is 1. The van der Waals surface area contributed by atoms with Crippen LogP contribution in [0.3, 0.4) is 0 Å². The van der Waals surface area contributed by atoms with Gasteiger partial charge in [-0.15, -0.1) is 4.40 Å². The van der Waals surface area contributed by atoms with Crippen molar-refractivity contribution in [1.29, 1.82) is 0 Å². The molecule has 3 rings (SSSR count). The largest absolute Gasteiger partial charge is 0.345 e. The van der Waals surface area contributed by atoms with E-state index in [2.05, 4.69) is 9.30 Å². The Bertz CT molecular complexity index is 841. The standard InChI is InChI=1S/C16H19FN4O3S/c1-19-7-9-21(10-8-19)16(22)15-11-14(18-25(23,24)20(15)2)12-3-5-13(17)6-4-12/h3-6,11H,7-10H2,1-2H3. The molecule has 0 radical (unpaired) electrons. The van der Waals surface area contributed by atoms with E-state index in [-0.39, 0.29) is 17.3 Å². The Balaban J connectivity index is 1.95. The molecule has 1 saturated heterocycles. The van der Waals surface area contributed by atoms with Crippen molar-refractivity contribution >= 4 is 21.8 Å². The first-order valence-electron chi connectivity index (χ1n) is 7.82. The highest BCUT2D eigenvalue weighted by Gasteiger charge is 2.33. The van der Waals surface area contributed by atoms with E-state index in [0.717, 1.165) is 17.4 Å². The Kier molecular flexibility index (Phi) is 4.61. The summed E-state index contributed by atoms with van der Waals surface area (Å²) >= 11 is 0. The molecule has 1 fully saturated rings. The Morgan fingerprint density at radius 2 is 1.68 bits per heavy atom. The molecule has 0 unspecified atom stereocenters. The van der Waals surface area contributed by atoms with E-state index >= 15 is 0 Å². The fraction of sp³-hybridized carbons (Fsp3) is 0.375. The number of carbonyl (C=O) groups is 1. The fourth-order valence-corrected chi connectivity index (χ4v) is 3.59. The molecule has 1 aromatic carbocycles. The van der Waals surface area contributed by atoms with E-state index in [9.17, 15) is 17.6 Å². The molecule has 134 valence electrons. The molecule has 7 nitrogen and oxygen atoms in total. The maximum Gasteiger partial charge on any atom is 0.345 e. The topological polar surface area (TPSA) is 73.3 Å². The smallest absolute Gasteiger partial charge is 0.335 e. The SMILES string of the molecule is CN1CCN(C(=O)C2=CC(c3ccc(F)cc3)=NS(=O)(=O)N2C)CC1. The highest BCUT2D eigenvalue weighted by molar-refractivity contribution is 7.88. The third-order valence-corrected chi connectivity index (χ3v) is 5.64. The minimum Gasteiger partial charge on any atom is -0.335 e. The molecule has 0 aromatic heterocycles. The number of hydrogen-bond donors (Lipinski definition) is 0. The molecule has 9 heteroatoms. The molecule has 0 N–H and O–H groups in total. The summed E-state index contributed by atoms with van der Waals surface area (Å²) in [6.45, 7) is 2.52. The van der Waals surface area contributed by atoms with E-state index in [1.54, 1.807) is 4.90 Å². The quantitative estimate of drug-likeness (QED) is 0.762. The first kappa shape index (κ1) is 17.6. The van der Waals surface area contributed by atoms with Gasteiger partial charge in [0.1, 0.15) is 11.5 Å². The number of likely N-dealkylation sites (N-methyl/N-ethyl adjacent to an activating group) is 2. The molecule has 0 spiro atoms. The van der Waals surface area contributed by atoms with E-state index in [1.165, 1.54) is 37.4 Å². The monoisotopic (exact) mass is 366 g/mol. The van der Waals surface area contributed by atoms with Gasteiger partial charge in [0.25, 0.3) is 5.91 Å². The first-order chi connectivity index (χ1) is 11.8. The van der Waals surface area contributed by atoms with Crippen LogP contribution in [0.5, 0.6) is 0 Å². The summed E-state index contributed by atoms with van der Waals surface area (Å²) in [5, 5.41) is 0. The summed E-state index contributed by atoms with van der Waals surface area (Å²) in [5.74, 6) is -0.786. The second-order valence-electron chi connectivity index (χ2n) is 6.05. The van der Waals surface area contributed by atoms with Crippen LogP contribution in [0.1, 0.15) is 5.56 Å². The molecule has 2 heterocycles. The third-order valence-electron chi connectivity index (χ3n) is 4.32. The minimum atomic E-state index is -4.01. The maximum atomic E-state index is 13.1. The second kappa shape index (κ2) is 6.57. The number of benzene rings is 1. The number of hydrogen-bond acceptors (Lipinski definition) is 4. The maximum absolute atomic E-state index is 13.1. The number of carbonyl (C=O) groups excluding carboxylic acids is 1. The van der Waals surface area contributed by atoms with Gasteiger partial charge in [-0.2, -0.15) is 8.42 Å². The Hall–Kier alpha value is -2.26. The van der Waals surface area contributed by atoms with Gasteiger partial charge in [-0.25, -0.2) is 8.70 Å². The van der Waals surface area contributed by atoms with Gasteiger partial charge in [-0.05, 0) is 37.4 Å². The molecule has 2 aliphatic heterocycles. The highest BCUT2D eigenvalue weighted by atomic mass is 32.2. The van der Waals surface area contributed by atoms with Crippen LogP contribution in [0.15, 0.2) is 40.4 Å². The Morgan fingerprint density at radius 3 is 2.28 bits per heavy atom. The number of nitrogens with zero attached hydrogens (tertiary/aromatic N) is 4. The van der Waals surface area contributed by atoms with Crippen LogP contribution >= 0.6 is 0 Å². The minimum absolute atomic E-state index is 0.0406. The average molecular weight is 366 g/mol. The molecule has 0 bridgehead atoms. The lowest BCUT2D eigenvalue weighted by molar-refractivity contribution is -0.129. The van der Waals surface area contributed by atoms with Gasteiger partial charge in [-0.3, -0.25) is 4.79 Å². The lowest BCUT2D eigenvalue weighted by atomic mass is 10.1. The number of amides is 1. The lowest BCUT2D eigenvalue weighted by Crippen LogP contribution is -2.49. The molecular formula is C16H19FN4O3S. The second-order valence-corrected chi connectivity index (χ2v) is 7.68. The van der Waals surface area contributed by atoms with Crippen molar-refractivity contribution in [3.8, 4) is 0 Å². The number of rotatable bonds is 2. The van der Waals surface area contributed by atoms with Crippen LogP contribution in [-0.4, -0.2) is 74.4 Å². The normalized spacial score (nSPS) is 20.9. The molecule has 25 heavy (non-hydrogen) atoms. The van der Waals surface area contributed by atoms with Crippen LogP contribution in [-0.2, 0) is 15.0 Å². The van der Waals surface area contributed by atoms with Crippen LogP contribution in [0, 0.1) is 5.82 Å². The zero-order chi connectivity index (χ0) is 18.2. The molecule has 0 aliphatic carbocycles. The summed E-state index contributed by atoms with van der Waals surface area (Å²) in [6.07, 6.45) is 1.44. The summed E-state index contributed by atoms with van der Waals surface area (Å²) in [4.78, 5) is 16.5. The zero-order valence-electron chi connectivity index (χ0n) is 14.0. The summed E-state index contributed by atoms with van der Waals surface area (Å²) < 4.78 is 42.4. The summed E-state index contributed by atoms with van der Waals surface area (Å²) in [6, 6.07) is 5.31. The molecular weight excluding hydrogens is 347 g/mol. The van der Waals surface area contributed by atoms with E-state index in [4.69, 9.17) is 0 Å². The summed E-state index contributed by atoms with van der Waals surface area (Å²) in [5.41, 5.74) is 0.594. The van der Waals surface area contributed by atoms with E-state index in [1.807, 2.05) is 7.05 Å².